The van der Waals surface area contributed by atoms with Gasteiger partial charge in [-0.3, -0.25) is 4.79 Å². The van der Waals surface area contributed by atoms with Gasteiger partial charge in [-0.1, -0.05) is 30.3 Å². The smallest absolute Gasteiger partial charge is 0.244 e. The summed E-state index contributed by atoms with van der Waals surface area (Å²) in [5, 5.41) is 0. The van der Waals surface area contributed by atoms with Crippen molar-refractivity contribution in [2.45, 2.75) is 18.4 Å². The average Bonchev–Trinajstić information content (AvgIpc) is 2.67. The summed E-state index contributed by atoms with van der Waals surface area (Å²) in [7, 11) is -0.964. The van der Waals surface area contributed by atoms with E-state index in [-0.39, 0.29) is 29.6 Å². The molecule has 2 rings (SSSR count). The third-order valence-electron chi connectivity index (χ3n) is 4.00. The number of sulfonamides is 1. The molecule has 0 heterocycles. The van der Waals surface area contributed by atoms with Crippen LogP contribution < -0.4 is 14.2 Å². The highest BCUT2D eigenvalue weighted by Gasteiger charge is 2.21. The molecule has 2 aromatic rings. The minimum atomic E-state index is -3.82. The highest BCUT2D eigenvalue weighted by molar-refractivity contribution is 7.89. The minimum Gasteiger partial charge on any atom is -0.497 e. The molecule has 0 aliphatic carbocycles. The number of nitrogens with one attached hydrogen (secondary N) is 1. The van der Waals surface area contributed by atoms with E-state index in [0.717, 1.165) is 5.56 Å². The van der Waals surface area contributed by atoms with Crippen molar-refractivity contribution in [3.8, 4) is 11.5 Å². The Hall–Kier alpha value is -2.58. The summed E-state index contributed by atoms with van der Waals surface area (Å²) in [5.74, 6) is 0.499. The molecular weight excluding hydrogens is 368 g/mol. The number of carbonyl (C=O) groups is 1. The molecule has 0 saturated carbocycles. The standard InChI is InChI=1S/C19H24N2O5S/c1-15(22)21(14-16-7-5-4-6-8-16)12-11-20-27(23,24)19-13-17(25-2)9-10-18(19)26-3/h4-10,13,20H,11-12,14H2,1-3H3. The lowest BCUT2D eigenvalue weighted by Gasteiger charge is -2.21. The van der Waals surface area contributed by atoms with Crippen molar-refractivity contribution in [1.82, 2.24) is 9.62 Å². The average molecular weight is 392 g/mol. The van der Waals surface area contributed by atoms with Gasteiger partial charge < -0.3 is 14.4 Å². The van der Waals surface area contributed by atoms with E-state index in [2.05, 4.69) is 4.72 Å². The number of methoxy groups -OCH3 is 2. The fraction of sp³-hybridized carbons (Fsp3) is 0.316. The van der Waals surface area contributed by atoms with Crippen LogP contribution in [0.5, 0.6) is 11.5 Å². The number of ether oxygens (including phenoxy) is 2. The molecule has 0 aliphatic heterocycles. The van der Waals surface area contributed by atoms with E-state index in [1.165, 1.54) is 33.3 Å². The van der Waals surface area contributed by atoms with Crippen molar-refractivity contribution in [2.24, 2.45) is 0 Å². The molecule has 0 aromatic heterocycles. The van der Waals surface area contributed by atoms with Gasteiger partial charge in [0, 0.05) is 32.6 Å². The van der Waals surface area contributed by atoms with Crippen molar-refractivity contribution >= 4 is 15.9 Å². The van der Waals surface area contributed by atoms with Gasteiger partial charge in [-0.15, -0.1) is 0 Å². The topological polar surface area (TPSA) is 84.9 Å². The molecule has 7 nitrogen and oxygen atoms in total. The summed E-state index contributed by atoms with van der Waals surface area (Å²) in [6, 6.07) is 14.1. The van der Waals surface area contributed by atoms with Crippen LogP contribution in [0.25, 0.3) is 0 Å². The highest BCUT2D eigenvalue weighted by Crippen LogP contribution is 2.27. The van der Waals surface area contributed by atoms with Gasteiger partial charge in [0.25, 0.3) is 0 Å². The Morgan fingerprint density at radius 3 is 2.37 bits per heavy atom. The first-order chi connectivity index (χ1) is 12.9. The molecule has 146 valence electrons. The highest BCUT2D eigenvalue weighted by atomic mass is 32.2. The number of benzene rings is 2. The molecule has 0 atom stereocenters. The van der Waals surface area contributed by atoms with Gasteiger partial charge in [0.15, 0.2) is 0 Å². The van der Waals surface area contributed by atoms with Crippen LogP contribution in [-0.2, 0) is 21.4 Å². The molecule has 2 aromatic carbocycles. The molecule has 8 heteroatoms. The van der Waals surface area contributed by atoms with Gasteiger partial charge in [0.05, 0.1) is 14.2 Å². The van der Waals surface area contributed by atoms with Gasteiger partial charge in [-0.25, -0.2) is 13.1 Å². The Labute approximate surface area is 160 Å². The molecule has 0 unspecified atom stereocenters. The van der Waals surface area contributed by atoms with Crippen molar-refractivity contribution < 1.29 is 22.7 Å². The maximum atomic E-state index is 12.6. The molecule has 0 aliphatic rings. The number of rotatable bonds is 9. The van der Waals surface area contributed by atoms with Crippen molar-refractivity contribution in [3.63, 3.8) is 0 Å². The fourth-order valence-electron chi connectivity index (χ4n) is 2.54. The summed E-state index contributed by atoms with van der Waals surface area (Å²) >= 11 is 0. The summed E-state index contributed by atoms with van der Waals surface area (Å²) in [5.41, 5.74) is 0.977. The van der Waals surface area contributed by atoms with E-state index in [4.69, 9.17) is 9.47 Å². The second-order valence-electron chi connectivity index (χ2n) is 5.84. The molecule has 0 saturated heterocycles. The summed E-state index contributed by atoms with van der Waals surface area (Å²) < 4.78 is 38.0. The van der Waals surface area contributed by atoms with Crippen LogP contribution in [0, 0.1) is 0 Å². The third kappa shape index (κ3) is 5.70. The SMILES string of the molecule is COc1ccc(OC)c(S(=O)(=O)NCCN(Cc2ccccc2)C(C)=O)c1. The first kappa shape index (κ1) is 20.7. The molecule has 0 spiro atoms. The summed E-state index contributed by atoms with van der Waals surface area (Å²) in [6.45, 7) is 2.20. The lowest BCUT2D eigenvalue weighted by Crippen LogP contribution is -2.37. The van der Waals surface area contributed by atoms with Crippen molar-refractivity contribution in [3.05, 3.63) is 54.1 Å². The first-order valence-electron chi connectivity index (χ1n) is 8.38. The molecule has 1 N–H and O–H groups in total. The van der Waals surface area contributed by atoms with E-state index in [1.54, 1.807) is 11.0 Å². The zero-order chi connectivity index (χ0) is 19.9. The number of carbonyl (C=O) groups excluding carboxylic acids is 1. The van der Waals surface area contributed by atoms with Gasteiger partial charge in [-0.2, -0.15) is 0 Å². The molecular formula is C19H24N2O5S. The monoisotopic (exact) mass is 392 g/mol. The Kier molecular flexibility index (Phi) is 7.20. The molecule has 27 heavy (non-hydrogen) atoms. The van der Waals surface area contributed by atoms with Crippen LogP contribution in [0.2, 0.25) is 0 Å². The molecule has 0 radical (unpaired) electrons. The largest absolute Gasteiger partial charge is 0.497 e. The Bertz CT molecular complexity index is 869. The zero-order valence-electron chi connectivity index (χ0n) is 15.6. The maximum absolute atomic E-state index is 12.6. The van der Waals surface area contributed by atoms with E-state index in [0.29, 0.717) is 12.3 Å². The molecule has 0 fully saturated rings. The first-order valence-corrected chi connectivity index (χ1v) is 9.87. The van der Waals surface area contributed by atoms with Crippen LogP contribution in [0.1, 0.15) is 12.5 Å². The number of hydrogen-bond acceptors (Lipinski definition) is 5. The van der Waals surface area contributed by atoms with Gasteiger partial charge in [0.2, 0.25) is 15.9 Å². The number of nitrogens with zero attached hydrogens (tertiary/aromatic N) is 1. The van der Waals surface area contributed by atoms with Crippen LogP contribution in [-0.4, -0.2) is 46.5 Å². The fourth-order valence-corrected chi connectivity index (χ4v) is 3.74. The van der Waals surface area contributed by atoms with Crippen molar-refractivity contribution in [1.29, 1.82) is 0 Å². The third-order valence-corrected chi connectivity index (χ3v) is 5.48. The van der Waals surface area contributed by atoms with Gasteiger partial charge in [0.1, 0.15) is 16.4 Å². The van der Waals surface area contributed by atoms with Crippen LogP contribution in [0.15, 0.2) is 53.4 Å². The molecule has 0 bridgehead atoms. The maximum Gasteiger partial charge on any atom is 0.244 e. The predicted molar refractivity (Wildman–Crippen MR) is 102 cm³/mol. The second kappa shape index (κ2) is 9.38. The second-order valence-corrected chi connectivity index (χ2v) is 7.58. The Morgan fingerprint density at radius 1 is 1.07 bits per heavy atom. The van der Waals surface area contributed by atoms with E-state index < -0.39 is 10.0 Å². The Balaban J connectivity index is 2.06. The van der Waals surface area contributed by atoms with Gasteiger partial charge >= 0.3 is 0 Å². The summed E-state index contributed by atoms with van der Waals surface area (Å²) in [4.78, 5) is 13.4. The quantitative estimate of drug-likeness (QED) is 0.706. The minimum absolute atomic E-state index is 0.0122. The van der Waals surface area contributed by atoms with E-state index in [1.807, 2.05) is 30.3 Å². The van der Waals surface area contributed by atoms with Crippen molar-refractivity contribution in [2.75, 3.05) is 27.3 Å². The predicted octanol–water partition coefficient (Wildman–Crippen LogP) is 2.03. The lowest BCUT2D eigenvalue weighted by atomic mass is 10.2. The van der Waals surface area contributed by atoms with Crippen LogP contribution in [0.4, 0.5) is 0 Å². The number of amides is 1. The van der Waals surface area contributed by atoms with E-state index >= 15 is 0 Å². The molecule has 1 amide bonds. The van der Waals surface area contributed by atoms with E-state index in [9.17, 15) is 13.2 Å². The Morgan fingerprint density at radius 2 is 1.78 bits per heavy atom. The normalized spacial score (nSPS) is 11.1. The zero-order valence-corrected chi connectivity index (χ0v) is 16.5. The summed E-state index contributed by atoms with van der Waals surface area (Å²) in [6.07, 6.45) is 0. The van der Waals surface area contributed by atoms with Gasteiger partial charge in [-0.05, 0) is 17.7 Å². The number of hydrogen-bond donors (Lipinski definition) is 1. The lowest BCUT2D eigenvalue weighted by molar-refractivity contribution is -0.129. The van der Waals surface area contributed by atoms with Crippen LogP contribution >= 0.6 is 0 Å². The van der Waals surface area contributed by atoms with Crippen LogP contribution in [0.3, 0.4) is 0 Å².